The Morgan fingerprint density at radius 2 is 1.53 bits per heavy atom. The summed E-state index contributed by atoms with van der Waals surface area (Å²) in [5, 5.41) is 0.800. The Hall–Kier alpha value is -5.09. The third-order valence-electron chi connectivity index (χ3n) is 7.63. The van der Waals surface area contributed by atoms with Crippen LogP contribution in [0.15, 0.2) is 150 Å². The second kappa shape index (κ2) is 14.6. The van der Waals surface area contributed by atoms with Gasteiger partial charge in [0.2, 0.25) is 0 Å². The van der Waals surface area contributed by atoms with Crippen LogP contribution in [0.5, 0.6) is 0 Å². The minimum atomic E-state index is -1.46. The van der Waals surface area contributed by atoms with Gasteiger partial charge < -0.3 is 14.0 Å². The standard InChI is InChI=1S/C31H25N2O.C11H8N.Ir/c1-21(2)18-22-12-17-30-26(19-22)27(20-34-30)31-32-28-10-6-7-11-29(28)33(31)25-15-13-24(14-16-25)23-8-4-3-5-9-23;1-2-6-10(7-3-1)11-8-4-5-9-12-11;/h3-17,19,21H,18H2,1-2H3;1-6,8-9H;/q2*-1;/i18D2;;. The van der Waals surface area contributed by atoms with Crippen molar-refractivity contribution >= 4 is 22.0 Å². The maximum absolute atomic E-state index is 8.59. The molecule has 0 spiro atoms. The predicted molar refractivity (Wildman–Crippen MR) is 188 cm³/mol. The summed E-state index contributed by atoms with van der Waals surface area (Å²) < 4.78 is 25.1. The van der Waals surface area contributed by atoms with Crippen molar-refractivity contribution in [1.82, 2.24) is 14.5 Å². The van der Waals surface area contributed by atoms with Gasteiger partial charge in [0.05, 0.1) is 16.9 Å². The quantitative estimate of drug-likeness (QED) is 0.158. The first-order chi connectivity index (χ1) is 23.4. The first kappa shape index (κ1) is 29.3. The summed E-state index contributed by atoms with van der Waals surface area (Å²) in [4.78, 5) is 9.18. The Bertz CT molecular complexity index is 2250. The number of hydrogen-bond acceptors (Lipinski definition) is 3. The van der Waals surface area contributed by atoms with Crippen molar-refractivity contribution in [1.29, 1.82) is 0 Å². The molecule has 47 heavy (non-hydrogen) atoms. The van der Waals surface area contributed by atoms with E-state index in [4.69, 9.17) is 12.1 Å². The number of pyridine rings is 1. The number of aromatic nitrogens is 3. The maximum atomic E-state index is 8.59. The van der Waals surface area contributed by atoms with E-state index in [1.807, 2.05) is 105 Å². The van der Waals surface area contributed by atoms with Gasteiger partial charge in [0.1, 0.15) is 0 Å². The van der Waals surface area contributed by atoms with E-state index in [-0.39, 0.29) is 26.0 Å². The molecule has 8 aromatic rings. The van der Waals surface area contributed by atoms with E-state index in [0.29, 0.717) is 17.0 Å². The zero-order valence-corrected chi connectivity index (χ0v) is 28.4. The molecule has 0 aliphatic carbocycles. The van der Waals surface area contributed by atoms with Crippen LogP contribution in [0.2, 0.25) is 0 Å². The molecule has 4 nitrogen and oxygen atoms in total. The van der Waals surface area contributed by atoms with Crippen LogP contribution < -0.4 is 0 Å². The summed E-state index contributed by atoms with van der Waals surface area (Å²) in [7, 11) is 0. The van der Waals surface area contributed by atoms with E-state index in [9.17, 15) is 0 Å². The smallest absolute Gasteiger partial charge is 0.0774 e. The molecule has 0 N–H and O–H groups in total. The van der Waals surface area contributed by atoms with Crippen molar-refractivity contribution in [3.63, 3.8) is 0 Å². The molecular weight excluding hydrogens is 755 g/mol. The Morgan fingerprint density at radius 3 is 2.28 bits per heavy atom. The fourth-order valence-electron chi connectivity index (χ4n) is 5.53. The van der Waals surface area contributed by atoms with Crippen molar-refractivity contribution in [3.05, 3.63) is 164 Å². The van der Waals surface area contributed by atoms with Gasteiger partial charge in [-0.25, -0.2) is 0 Å². The first-order valence-corrected chi connectivity index (χ1v) is 15.4. The number of imidazole rings is 1. The van der Waals surface area contributed by atoms with Gasteiger partial charge >= 0.3 is 0 Å². The van der Waals surface area contributed by atoms with Crippen molar-refractivity contribution in [2.45, 2.75) is 20.2 Å². The minimum absolute atomic E-state index is 0. The second-order valence-electron chi connectivity index (χ2n) is 11.3. The van der Waals surface area contributed by atoms with Crippen LogP contribution >= 0.6 is 0 Å². The van der Waals surface area contributed by atoms with Gasteiger partial charge in [-0.3, -0.25) is 4.98 Å². The van der Waals surface area contributed by atoms with Gasteiger partial charge in [0, 0.05) is 46.6 Å². The predicted octanol–water partition coefficient (Wildman–Crippen LogP) is 10.7. The molecule has 0 atom stereocenters. The molecule has 8 rings (SSSR count). The fourth-order valence-corrected chi connectivity index (χ4v) is 5.53. The van der Waals surface area contributed by atoms with Crippen LogP contribution in [0.4, 0.5) is 0 Å². The molecule has 5 heteroatoms. The summed E-state index contributed by atoms with van der Waals surface area (Å²) in [6, 6.07) is 49.1. The van der Waals surface area contributed by atoms with E-state index in [1.54, 1.807) is 12.3 Å². The Morgan fingerprint density at radius 1 is 0.787 bits per heavy atom. The topological polar surface area (TPSA) is 43.9 Å². The van der Waals surface area contributed by atoms with Gasteiger partial charge in [-0.1, -0.05) is 115 Å². The molecule has 0 bridgehead atoms. The number of fused-ring (bicyclic) bond motifs is 2. The van der Waals surface area contributed by atoms with Crippen molar-refractivity contribution < 1.29 is 27.3 Å². The van der Waals surface area contributed by atoms with E-state index in [2.05, 4.69) is 64.3 Å². The number of hydrogen-bond donors (Lipinski definition) is 0. The van der Waals surface area contributed by atoms with Crippen molar-refractivity contribution in [2.24, 2.45) is 5.92 Å². The molecular formula is C42H33IrN3O-2. The average Bonchev–Trinajstić information content (AvgIpc) is 3.74. The van der Waals surface area contributed by atoms with E-state index >= 15 is 0 Å². The van der Waals surface area contributed by atoms with Crippen LogP contribution in [0.3, 0.4) is 0 Å². The monoisotopic (exact) mass is 790 g/mol. The largest absolute Gasteiger partial charge is 0.557 e. The molecule has 0 aliphatic heterocycles. The SMILES string of the molecule is [2H]C([2H])(c1ccc2o[c-]c(-c3nc4ccccc4n3-c3ccc(-c4ccccc4)cc3)c2c1)C(C)C.[Ir].[c-]1ccccc1-c1ccccn1. The number of para-hydroxylation sites is 2. The van der Waals surface area contributed by atoms with Crippen LogP contribution in [-0.4, -0.2) is 14.5 Å². The Balaban J connectivity index is 0.000000270. The number of rotatable bonds is 6. The average molecular weight is 790 g/mol. The van der Waals surface area contributed by atoms with Gasteiger partial charge in [-0.2, -0.15) is 0 Å². The van der Waals surface area contributed by atoms with Gasteiger partial charge in [-0.15, -0.1) is 35.9 Å². The normalized spacial score (nSPS) is 11.8. The van der Waals surface area contributed by atoms with Crippen molar-refractivity contribution in [3.8, 4) is 39.5 Å². The van der Waals surface area contributed by atoms with Gasteiger partial charge in [0.25, 0.3) is 0 Å². The maximum Gasteiger partial charge on any atom is 0.0774 e. The number of benzene rings is 5. The molecule has 1 radical (unpaired) electrons. The molecule has 0 saturated heterocycles. The van der Waals surface area contributed by atoms with Crippen LogP contribution in [-0.2, 0) is 26.5 Å². The zero-order chi connectivity index (χ0) is 33.1. The molecule has 0 aliphatic rings. The summed E-state index contributed by atoms with van der Waals surface area (Å²) in [6.45, 7) is 3.79. The number of nitrogens with zero attached hydrogens (tertiary/aromatic N) is 3. The van der Waals surface area contributed by atoms with E-state index in [1.165, 1.54) is 5.56 Å². The molecule has 233 valence electrons. The fraction of sp³-hybridized carbons (Fsp3) is 0.0952. The summed E-state index contributed by atoms with van der Waals surface area (Å²) in [5.74, 6) is 0.548. The molecule has 0 amide bonds. The van der Waals surface area contributed by atoms with E-state index < -0.39 is 6.37 Å². The molecule has 0 saturated carbocycles. The van der Waals surface area contributed by atoms with Crippen molar-refractivity contribution in [2.75, 3.05) is 0 Å². The summed E-state index contributed by atoms with van der Waals surface area (Å²) in [6.07, 6.45) is 3.39. The molecule has 0 unspecified atom stereocenters. The third kappa shape index (κ3) is 7.02. The van der Waals surface area contributed by atoms with Gasteiger partial charge in [-0.05, 0) is 59.4 Å². The molecule has 5 aromatic carbocycles. The molecule has 0 fully saturated rings. The summed E-state index contributed by atoms with van der Waals surface area (Å²) >= 11 is 0. The Kier molecular flexibility index (Phi) is 9.08. The minimum Gasteiger partial charge on any atom is -0.557 e. The molecule has 3 heterocycles. The molecule has 3 aromatic heterocycles. The first-order valence-electron chi connectivity index (χ1n) is 16.4. The van der Waals surface area contributed by atoms with Crippen LogP contribution in [0.1, 0.15) is 22.2 Å². The second-order valence-corrected chi connectivity index (χ2v) is 11.3. The van der Waals surface area contributed by atoms with Crippen LogP contribution in [0.25, 0.3) is 61.5 Å². The number of furan rings is 1. The third-order valence-corrected chi connectivity index (χ3v) is 7.63. The zero-order valence-electron chi connectivity index (χ0n) is 28.0. The van der Waals surface area contributed by atoms with Crippen LogP contribution in [0, 0.1) is 18.2 Å². The van der Waals surface area contributed by atoms with E-state index in [0.717, 1.165) is 44.5 Å². The Labute approximate surface area is 291 Å². The van der Waals surface area contributed by atoms with Gasteiger partial charge in [0.15, 0.2) is 0 Å². The summed E-state index contributed by atoms with van der Waals surface area (Å²) in [5.41, 5.74) is 9.16.